The van der Waals surface area contributed by atoms with Crippen molar-refractivity contribution in [2.75, 3.05) is 14.1 Å². The number of nitrogens with one attached hydrogen (secondary N) is 1. The monoisotopic (exact) mass is 255 g/mol. The van der Waals surface area contributed by atoms with E-state index >= 15 is 0 Å². The molecule has 3 heteroatoms. The lowest BCUT2D eigenvalue weighted by Gasteiger charge is -2.45. The van der Waals surface area contributed by atoms with Crippen molar-refractivity contribution in [3.05, 3.63) is 0 Å². The molecule has 0 heterocycles. The molecule has 0 bridgehead atoms. The van der Waals surface area contributed by atoms with Crippen LogP contribution < -0.4 is 11.3 Å². The number of nitrogens with two attached hydrogens (primary N) is 1. The Bertz CT molecular complexity index is 208. The van der Waals surface area contributed by atoms with Gasteiger partial charge in [0.05, 0.1) is 0 Å². The first kappa shape index (κ1) is 15.9. The third-order valence-electron chi connectivity index (χ3n) is 4.81. The van der Waals surface area contributed by atoms with E-state index in [2.05, 4.69) is 31.3 Å². The zero-order valence-electron chi connectivity index (χ0n) is 12.7. The van der Waals surface area contributed by atoms with Gasteiger partial charge in [-0.1, -0.05) is 51.9 Å². The van der Waals surface area contributed by atoms with Gasteiger partial charge in [0.1, 0.15) is 0 Å². The summed E-state index contributed by atoms with van der Waals surface area (Å²) in [6.45, 7) is 2.26. The molecule has 1 saturated carbocycles. The molecule has 0 amide bonds. The van der Waals surface area contributed by atoms with Crippen LogP contribution in [0.3, 0.4) is 0 Å². The molecule has 0 spiro atoms. The summed E-state index contributed by atoms with van der Waals surface area (Å²) in [4.78, 5) is 2.44. The lowest BCUT2D eigenvalue weighted by atomic mass is 9.79. The Hall–Kier alpha value is -0.120. The predicted molar refractivity (Wildman–Crippen MR) is 79.4 cm³/mol. The minimum absolute atomic E-state index is 0.277. The number of nitrogens with zero attached hydrogens (tertiary/aromatic N) is 1. The summed E-state index contributed by atoms with van der Waals surface area (Å²) in [5.41, 5.74) is 3.42. The number of unbranched alkanes of at least 4 members (excludes halogenated alkanes) is 2. The summed E-state index contributed by atoms with van der Waals surface area (Å²) in [5, 5.41) is 0. The van der Waals surface area contributed by atoms with Gasteiger partial charge in [0.2, 0.25) is 0 Å². The molecule has 1 fully saturated rings. The Morgan fingerprint density at radius 1 is 1.11 bits per heavy atom. The second-order valence-corrected chi connectivity index (χ2v) is 6.13. The average Bonchev–Trinajstić information content (AvgIpc) is 2.61. The second kappa shape index (κ2) is 8.13. The van der Waals surface area contributed by atoms with Crippen molar-refractivity contribution >= 4 is 0 Å². The standard InChI is InChI=1S/C15H33N3/c1-4-5-8-11-14(17-16)15(18(2)3)12-9-6-7-10-13-15/h14,17H,4-13,16H2,1-3H3. The van der Waals surface area contributed by atoms with Crippen LogP contribution in [0.1, 0.15) is 71.1 Å². The number of rotatable bonds is 7. The summed E-state index contributed by atoms with van der Waals surface area (Å²) in [6.07, 6.45) is 13.2. The van der Waals surface area contributed by atoms with Gasteiger partial charge in [-0.05, 0) is 33.4 Å². The van der Waals surface area contributed by atoms with Crippen molar-refractivity contribution in [1.82, 2.24) is 10.3 Å². The summed E-state index contributed by atoms with van der Waals surface area (Å²) in [6, 6.07) is 0.442. The van der Waals surface area contributed by atoms with Crippen molar-refractivity contribution in [3.8, 4) is 0 Å². The maximum atomic E-state index is 5.88. The average molecular weight is 255 g/mol. The second-order valence-electron chi connectivity index (χ2n) is 6.13. The summed E-state index contributed by atoms with van der Waals surface area (Å²) in [5.74, 6) is 5.88. The maximum Gasteiger partial charge on any atom is 0.0394 e. The summed E-state index contributed by atoms with van der Waals surface area (Å²) >= 11 is 0. The van der Waals surface area contributed by atoms with Crippen LogP contribution in [0.2, 0.25) is 0 Å². The van der Waals surface area contributed by atoms with E-state index in [1.807, 2.05) is 0 Å². The van der Waals surface area contributed by atoms with Gasteiger partial charge in [0.15, 0.2) is 0 Å². The molecule has 0 aromatic heterocycles. The number of hydrogen-bond donors (Lipinski definition) is 2. The molecular formula is C15H33N3. The first-order valence-electron chi connectivity index (χ1n) is 7.81. The van der Waals surface area contributed by atoms with Crippen LogP contribution in [-0.2, 0) is 0 Å². The highest BCUT2D eigenvalue weighted by atomic mass is 15.3. The molecule has 1 unspecified atom stereocenters. The van der Waals surface area contributed by atoms with Crippen molar-refractivity contribution in [2.45, 2.75) is 82.7 Å². The lowest BCUT2D eigenvalue weighted by molar-refractivity contribution is 0.0750. The number of likely N-dealkylation sites (N-methyl/N-ethyl adjacent to an activating group) is 1. The third kappa shape index (κ3) is 3.94. The van der Waals surface area contributed by atoms with Crippen molar-refractivity contribution in [3.63, 3.8) is 0 Å². The van der Waals surface area contributed by atoms with Crippen LogP contribution in [0.4, 0.5) is 0 Å². The summed E-state index contributed by atoms with van der Waals surface area (Å²) in [7, 11) is 4.46. The highest BCUT2D eigenvalue weighted by Crippen LogP contribution is 2.35. The molecule has 0 aliphatic heterocycles. The van der Waals surface area contributed by atoms with E-state index in [-0.39, 0.29) is 5.54 Å². The molecule has 3 nitrogen and oxygen atoms in total. The minimum Gasteiger partial charge on any atom is -0.302 e. The van der Waals surface area contributed by atoms with Gasteiger partial charge in [-0.3, -0.25) is 11.3 Å². The fraction of sp³-hybridized carbons (Fsp3) is 1.00. The van der Waals surface area contributed by atoms with Gasteiger partial charge in [0, 0.05) is 11.6 Å². The Balaban J connectivity index is 2.71. The Labute approximate surface area is 113 Å². The predicted octanol–water partition coefficient (Wildman–Crippen LogP) is 3.05. The first-order chi connectivity index (χ1) is 8.67. The fourth-order valence-corrected chi connectivity index (χ4v) is 3.55. The molecule has 0 aromatic carbocycles. The quantitative estimate of drug-likeness (QED) is 0.318. The van der Waals surface area contributed by atoms with Crippen molar-refractivity contribution in [2.24, 2.45) is 5.84 Å². The zero-order chi connectivity index (χ0) is 13.4. The third-order valence-corrected chi connectivity index (χ3v) is 4.81. The van der Waals surface area contributed by atoms with E-state index < -0.39 is 0 Å². The van der Waals surface area contributed by atoms with Gasteiger partial charge >= 0.3 is 0 Å². The molecule has 1 aliphatic rings. The Morgan fingerprint density at radius 2 is 1.72 bits per heavy atom. The molecule has 0 aromatic rings. The number of hydrogen-bond acceptors (Lipinski definition) is 3. The van der Waals surface area contributed by atoms with Gasteiger partial charge in [-0.25, -0.2) is 0 Å². The van der Waals surface area contributed by atoms with Crippen molar-refractivity contribution < 1.29 is 0 Å². The molecule has 1 rings (SSSR count). The SMILES string of the molecule is CCCCCC(NN)C1(N(C)C)CCCCCC1. The minimum atomic E-state index is 0.277. The molecular weight excluding hydrogens is 222 g/mol. The topological polar surface area (TPSA) is 41.3 Å². The normalized spacial score (nSPS) is 21.8. The Kier molecular flexibility index (Phi) is 7.20. The van der Waals surface area contributed by atoms with Crippen LogP contribution in [-0.4, -0.2) is 30.6 Å². The highest BCUT2D eigenvalue weighted by Gasteiger charge is 2.39. The molecule has 1 aliphatic carbocycles. The maximum absolute atomic E-state index is 5.88. The van der Waals surface area contributed by atoms with Crippen LogP contribution in [0.5, 0.6) is 0 Å². The molecule has 0 radical (unpaired) electrons. The van der Waals surface area contributed by atoms with Gasteiger partial charge in [0.25, 0.3) is 0 Å². The van der Waals surface area contributed by atoms with E-state index in [0.29, 0.717) is 6.04 Å². The van der Waals surface area contributed by atoms with Gasteiger partial charge in [-0.15, -0.1) is 0 Å². The van der Waals surface area contributed by atoms with E-state index in [9.17, 15) is 0 Å². The zero-order valence-corrected chi connectivity index (χ0v) is 12.7. The van der Waals surface area contributed by atoms with Crippen LogP contribution >= 0.6 is 0 Å². The van der Waals surface area contributed by atoms with E-state index in [0.717, 1.165) is 0 Å². The number of hydrazine groups is 1. The van der Waals surface area contributed by atoms with Crippen molar-refractivity contribution in [1.29, 1.82) is 0 Å². The van der Waals surface area contributed by atoms with Gasteiger partial charge < -0.3 is 4.90 Å². The van der Waals surface area contributed by atoms with Crippen LogP contribution in [0.15, 0.2) is 0 Å². The van der Waals surface area contributed by atoms with E-state index in [1.165, 1.54) is 64.2 Å². The van der Waals surface area contributed by atoms with E-state index in [4.69, 9.17) is 5.84 Å². The molecule has 18 heavy (non-hydrogen) atoms. The highest BCUT2D eigenvalue weighted by molar-refractivity contribution is 4.98. The van der Waals surface area contributed by atoms with E-state index in [1.54, 1.807) is 0 Å². The smallest absolute Gasteiger partial charge is 0.0394 e. The largest absolute Gasteiger partial charge is 0.302 e. The lowest BCUT2D eigenvalue weighted by Crippen LogP contribution is -2.60. The summed E-state index contributed by atoms with van der Waals surface area (Å²) < 4.78 is 0. The van der Waals surface area contributed by atoms with Crippen LogP contribution in [0.25, 0.3) is 0 Å². The van der Waals surface area contributed by atoms with Gasteiger partial charge in [-0.2, -0.15) is 0 Å². The molecule has 3 N–H and O–H groups in total. The molecule has 1 atom stereocenters. The van der Waals surface area contributed by atoms with Crippen LogP contribution in [0, 0.1) is 0 Å². The fourth-order valence-electron chi connectivity index (χ4n) is 3.55. The molecule has 108 valence electrons. The first-order valence-corrected chi connectivity index (χ1v) is 7.81. The molecule has 0 saturated heterocycles. The Morgan fingerprint density at radius 3 is 2.17 bits per heavy atom.